The SMILES string of the molecule is NC1CCc2ccc(OC(F)F)cc21. The molecule has 0 spiro atoms. The van der Waals surface area contributed by atoms with E-state index in [1.54, 1.807) is 18.2 Å². The number of fused-ring (bicyclic) bond motifs is 1. The third kappa shape index (κ3) is 1.70. The summed E-state index contributed by atoms with van der Waals surface area (Å²) in [5.74, 6) is 0.191. The van der Waals surface area contributed by atoms with Gasteiger partial charge in [0.1, 0.15) is 5.75 Å². The number of benzene rings is 1. The minimum absolute atomic E-state index is 0.0359. The first-order valence-electron chi connectivity index (χ1n) is 4.50. The normalized spacial score (nSPS) is 19.9. The van der Waals surface area contributed by atoms with E-state index in [4.69, 9.17) is 5.73 Å². The highest BCUT2D eigenvalue weighted by molar-refractivity contribution is 5.40. The van der Waals surface area contributed by atoms with Crippen LogP contribution in [-0.2, 0) is 6.42 Å². The zero-order valence-electron chi connectivity index (χ0n) is 7.54. The van der Waals surface area contributed by atoms with Gasteiger partial charge in [-0.15, -0.1) is 0 Å². The zero-order valence-corrected chi connectivity index (χ0v) is 7.54. The molecule has 4 heteroatoms. The summed E-state index contributed by atoms with van der Waals surface area (Å²) in [7, 11) is 0. The molecule has 1 atom stereocenters. The maximum Gasteiger partial charge on any atom is 0.387 e. The van der Waals surface area contributed by atoms with Gasteiger partial charge in [-0.05, 0) is 36.1 Å². The van der Waals surface area contributed by atoms with Crippen LogP contribution < -0.4 is 10.5 Å². The highest BCUT2D eigenvalue weighted by Gasteiger charge is 2.19. The van der Waals surface area contributed by atoms with Gasteiger partial charge in [0.2, 0.25) is 0 Å². The van der Waals surface area contributed by atoms with E-state index in [1.807, 2.05) is 0 Å². The number of nitrogens with two attached hydrogens (primary N) is 1. The van der Waals surface area contributed by atoms with Crippen molar-refractivity contribution in [3.8, 4) is 5.75 Å². The molecule has 0 aromatic heterocycles. The third-order valence-electron chi connectivity index (χ3n) is 2.47. The maximum atomic E-state index is 11.9. The number of aryl methyl sites for hydroxylation is 1. The summed E-state index contributed by atoms with van der Waals surface area (Å²) in [6.45, 7) is -2.77. The lowest BCUT2D eigenvalue weighted by Gasteiger charge is -2.08. The van der Waals surface area contributed by atoms with E-state index < -0.39 is 6.61 Å². The molecule has 2 rings (SSSR count). The van der Waals surface area contributed by atoms with Crippen molar-refractivity contribution in [3.05, 3.63) is 29.3 Å². The van der Waals surface area contributed by atoms with Crippen LogP contribution in [0.25, 0.3) is 0 Å². The second-order valence-electron chi connectivity index (χ2n) is 3.38. The molecule has 0 saturated carbocycles. The van der Waals surface area contributed by atoms with Crippen LogP contribution >= 0.6 is 0 Å². The van der Waals surface area contributed by atoms with E-state index in [-0.39, 0.29) is 11.8 Å². The van der Waals surface area contributed by atoms with E-state index in [2.05, 4.69) is 4.74 Å². The second-order valence-corrected chi connectivity index (χ2v) is 3.38. The number of hydrogen-bond donors (Lipinski definition) is 1. The molecule has 0 saturated heterocycles. The van der Waals surface area contributed by atoms with Crippen LogP contribution in [0.15, 0.2) is 18.2 Å². The number of halogens is 2. The quantitative estimate of drug-likeness (QED) is 0.792. The molecule has 0 radical (unpaired) electrons. The van der Waals surface area contributed by atoms with Crippen molar-refractivity contribution in [2.75, 3.05) is 0 Å². The largest absolute Gasteiger partial charge is 0.435 e. The molecule has 0 fully saturated rings. The van der Waals surface area contributed by atoms with Gasteiger partial charge in [-0.25, -0.2) is 0 Å². The minimum Gasteiger partial charge on any atom is -0.435 e. The van der Waals surface area contributed by atoms with Crippen LogP contribution in [0.4, 0.5) is 8.78 Å². The molecule has 76 valence electrons. The Morgan fingerprint density at radius 2 is 2.21 bits per heavy atom. The van der Waals surface area contributed by atoms with Gasteiger partial charge >= 0.3 is 6.61 Å². The molecule has 14 heavy (non-hydrogen) atoms. The highest BCUT2D eigenvalue weighted by atomic mass is 19.3. The van der Waals surface area contributed by atoms with Crippen LogP contribution in [0, 0.1) is 0 Å². The van der Waals surface area contributed by atoms with Gasteiger partial charge in [0.25, 0.3) is 0 Å². The smallest absolute Gasteiger partial charge is 0.387 e. The summed E-state index contributed by atoms with van der Waals surface area (Å²) in [5, 5.41) is 0. The van der Waals surface area contributed by atoms with Crippen molar-refractivity contribution in [1.82, 2.24) is 0 Å². The van der Waals surface area contributed by atoms with Crippen LogP contribution in [0.5, 0.6) is 5.75 Å². The molecule has 1 aromatic rings. The minimum atomic E-state index is -2.77. The lowest BCUT2D eigenvalue weighted by molar-refractivity contribution is -0.0498. The molecular formula is C10H11F2NO. The molecule has 0 aliphatic heterocycles. The molecule has 1 unspecified atom stereocenters. The van der Waals surface area contributed by atoms with Gasteiger partial charge in [-0.1, -0.05) is 6.07 Å². The zero-order chi connectivity index (χ0) is 10.1. The van der Waals surface area contributed by atoms with Gasteiger partial charge in [-0.3, -0.25) is 0 Å². The van der Waals surface area contributed by atoms with E-state index >= 15 is 0 Å². The van der Waals surface area contributed by atoms with Crippen LogP contribution in [0.3, 0.4) is 0 Å². The summed E-state index contributed by atoms with van der Waals surface area (Å²) in [6.07, 6.45) is 1.80. The monoisotopic (exact) mass is 199 g/mol. The fourth-order valence-corrected chi connectivity index (χ4v) is 1.79. The van der Waals surface area contributed by atoms with Crippen molar-refractivity contribution >= 4 is 0 Å². The number of hydrogen-bond acceptors (Lipinski definition) is 2. The topological polar surface area (TPSA) is 35.2 Å². The van der Waals surface area contributed by atoms with Crippen LogP contribution in [-0.4, -0.2) is 6.61 Å². The van der Waals surface area contributed by atoms with E-state index in [0.29, 0.717) is 0 Å². The van der Waals surface area contributed by atoms with Crippen molar-refractivity contribution in [2.24, 2.45) is 5.73 Å². The summed E-state index contributed by atoms with van der Waals surface area (Å²) >= 11 is 0. The van der Waals surface area contributed by atoms with E-state index in [0.717, 1.165) is 24.0 Å². The lowest BCUT2D eigenvalue weighted by atomic mass is 10.1. The van der Waals surface area contributed by atoms with Crippen molar-refractivity contribution in [1.29, 1.82) is 0 Å². The summed E-state index contributed by atoms with van der Waals surface area (Å²) < 4.78 is 28.1. The van der Waals surface area contributed by atoms with Gasteiger partial charge in [0.05, 0.1) is 0 Å². The van der Waals surface area contributed by atoms with Gasteiger partial charge < -0.3 is 10.5 Å². The Kier molecular flexibility index (Phi) is 2.37. The molecule has 1 aliphatic carbocycles. The lowest BCUT2D eigenvalue weighted by Crippen LogP contribution is -2.06. The Morgan fingerprint density at radius 3 is 2.93 bits per heavy atom. The third-order valence-corrected chi connectivity index (χ3v) is 2.47. The highest BCUT2D eigenvalue weighted by Crippen LogP contribution is 2.32. The first-order chi connectivity index (χ1) is 6.66. The van der Waals surface area contributed by atoms with Crippen LogP contribution in [0.2, 0.25) is 0 Å². The molecule has 1 aliphatic rings. The van der Waals surface area contributed by atoms with Crippen molar-refractivity contribution < 1.29 is 13.5 Å². The fraction of sp³-hybridized carbons (Fsp3) is 0.400. The van der Waals surface area contributed by atoms with Crippen molar-refractivity contribution in [2.45, 2.75) is 25.5 Å². The predicted octanol–water partition coefficient (Wildman–Crippen LogP) is 2.23. The maximum absolute atomic E-state index is 11.9. The first-order valence-corrected chi connectivity index (χ1v) is 4.50. The van der Waals surface area contributed by atoms with Gasteiger partial charge in [0.15, 0.2) is 0 Å². The van der Waals surface area contributed by atoms with Crippen LogP contribution in [0.1, 0.15) is 23.6 Å². The number of rotatable bonds is 2. The standard InChI is InChI=1S/C10H11F2NO/c11-10(12)14-7-3-1-6-2-4-9(13)8(6)5-7/h1,3,5,9-10H,2,4,13H2. The molecule has 0 heterocycles. The van der Waals surface area contributed by atoms with Gasteiger partial charge in [-0.2, -0.15) is 8.78 Å². The number of ether oxygens (including phenoxy) is 1. The first kappa shape index (κ1) is 9.40. The molecule has 2 N–H and O–H groups in total. The van der Waals surface area contributed by atoms with Crippen molar-refractivity contribution in [3.63, 3.8) is 0 Å². The Labute approximate surface area is 80.7 Å². The fourth-order valence-electron chi connectivity index (χ4n) is 1.79. The predicted molar refractivity (Wildman–Crippen MR) is 48.3 cm³/mol. The Hall–Kier alpha value is -1.16. The summed E-state index contributed by atoms with van der Waals surface area (Å²) in [5.41, 5.74) is 7.87. The number of alkyl halides is 2. The Bertz CT molecular complexity index is 341. The average Bonchev–Trinajstić information content (AvgIpc) is 2.47. The second kappa shape index (κ2) is 3.53. The Balaban J connectivity index is 2.26. The molecule has 0 bridgehead atoms. The molecule has 2 nitrogen and oxygen atoms in total. The molecular weight excluding hydrogens is 188 g/mol. The molecule has 1 aromatic carbocycles. The summed E-state index contributed by atoms with van der Waals surface area (Å²) in [6, 6.07) is 4.94. The van der Waals surface area contributed by atoms with E-state index in [9.17, 15) is 8.78 Å². The average molecular weight is 199 g/mol. The van der Waals surface area contributed by atoms with E-state index in [1.165, 1.54) is 0 Å². The molecule has 0 amide bonds. The van der Waals surface area contributed by atoms with Gasteiger partial charge in [0, 0.05) is 6.04 Å². The summed E-state index contributed by atoms with van der Waals surface area (Å²) in [4.78, 5) is 0. The Morgan fingerprint density at radius 1 is 1.43 bits per heavy atom.